The van der Waals surface area contributed by atoms with Gasteiger partial charge in [-0.15, -0.1) is 5.10 Å². The summed E-state index contributed by atoms with van der Waals surface area (Å²) in [4.78, 5) is 8.83. The smallest absolute Gasteiger partial charge is 0.235 e. The summed E-state index contributed by atoms with van der Waals surface area (Å²) in [5, 5.41) is 15.2. The fourth-order valence-electron chi connectivity index (χ4n) is 3.67. The molecule has 1 aliphatic heterocycles. The number of nitrogens with zero attached hydrogens (tertiary/aromatic N) is 3. The van der Waals surface area contributed by atoms with E-state index in [1.54, 1.807) is 12.1 Å². The first-order valence-electron chi connectivity index (χ1n) is 9.05. The van der Waals surface area contributed by atoms with E-state index in [-0.39, 0.29) is 17.7 Å². The highest BCUT2D eigenvalue weighted by atomic mass is 32.1. The monoisotopic (exact) mass is 377 g/mol. The van der Waals surface area contributed by atoms with Gasteiger partial charge in [0.1, 0.15) is 36.9 Å². The predicted molar refractivity (Wildman–Crippen MR) is 97.5 cm³/mol. The maximum absolute atomic E-state index is 13.9. The molecule has 1 fully saturated rings. The molecule has 3 N–H and O–H groups in total. The van der Waals surface area contributed by atoms with Crippen LogP contribution in [0.3, 0.4) is 0 Å². The molecule has 1 atom stereocenters. The topological polar surface area (TPSA) is 59.3 Å². The molecule has 26 heavy (non-hydrogen) atoms. The fourth-order valence-corrected chi connectivity index (χ4v) is 4.83. The van der Waals surface area contributed by atoms with Crippen molar-refractivity contribution in [2.24, 2.45) is 0 Å². The number of rotatable bonds is 4. The molecule has 0 amide bonds. The van der Waals surface area contributed by atoms with Crippen LogP contribution in [0, 0.1) is 5.82 Å². The zero-order chi connectivity index (χ0) is 18.3. The van der Waals surface area contributed by atoms with Gasteiger partial charge in [-0.05, 0) is 12.1 Å². The van der Waals surface area contributed by atoms with Gasteiger partial charge in [0, 0.05) is 12.0 Å². The van der Waals surface area contributed by atoms with E-state index >= 15 is 0 Å². The predicted octanol–water partition coefficient (Wildman–Crippen LogP) is -0.299. The second-order valence-electron chi connectivity index (χ2n) is 6.97. The van der Waals surface area contributed by atoms with E-state index in [4.69, 9.17) is 0 Å². The van der Waals surface area contributed by atoms with Crippen molar-refractivity contribution in [2.75, 3.05) is 33.2 Å². The number of aromatic nitrogens is 3. The second-order valence-corrected chi connectivity index (χ2v) is 7.98. The van der Waals surface area contributed by atoms with Crippen LogP contribution in [0.15, 0.2) is 24.3 Å². The third-order valence-electron chi connectivity index (χ3n) is 5.16. The van der Waals surface area contributed by atoms with Crippen LogP contribution < -0.4 is 9.80 Å². The van der Waals surface area contributed by atoms with E-state index in [2.05, 4.69) is 17.1 Å². The maximum atomic E-state index is 13.9. The molecule has 0 saturated carbocycles. The Bertz CT molecular complexity index is 916. The molecule has 3 aromatic rings. The molecule has 1 saturated heterocycles. The molecular weight excluding hydrogens is 353 g/mol. The number of hydrogen-bond acceptors (Lipinski definition) is 4. The van der Waals surface area contributed by atoms with Gasteiger partial charge in [0.05, 0.1) is 7.05 Å². The van der Waals surface area contributed by atoms with E-state index in [1.807, 2.05) is 13.0 Å². The zero-order valence-corrected chi connectivity index (χ0v) is 15.8. The second kappa shape index (κ2) is 6.94. The first-order valence-corrected chi connectivity index (χ1v) is 9.87. The van der Waals surface area contributed by atoms with E-state index in [1.165, 1.54) is 31.7 Å². The largest absolute Gasteiger partial charge is 0.492 e. The lowest BCUT2D eigenvalue weighted by Crippen LogP contribution is -3.27. The SMILES string of the molecule is CCc1nc2sc([C@@H](c3cccc(F)c3)[NH+]3CC[NH+](C)CC3)c(O)n2n1. The van der Waals surface area contributed by atoms with E-state index in [9.17, 15) is 9.50 Å². The first-order chi connectivity index (χ1) is 12.6. The van der Waals surface area contributed by atoms with Crippen molar-refractivity contribution in [2.45, 2.75) is 19.4 Å². The molecule has 0 unspecified atom stereocenters. The maximum Gasteiger partial charge on any atom is 0.235 e. The van der Waals surface area contributed by atoms with Gasteiger partial charge in [-0.25, -0.2) is 9.37 Å². The lowest BCUT2D eigenvalue weighted by molar-refractivity contribution is -1.02. The molecule has 0 radical (unpaired) electrons. The zero-order valence-electron chi connectivity index (χ0n) is 15.0. The Kier molecular flexibility index (Phi) is 4.64. The van der Waals surface area contributed by atoms with Crippen molar-refractivity contribution in [1.82, 2.24) is 14.6 Å². The highest BCUT2D eigenvalue weighted by Crippen LogP contribution is 2.35. The third kappa shape index (κ3) is 3.08. The number of quaternary nitrogens is 2. The number of halogens is 1. The molecule has 0 aliphatic carbocycles. The Morgan fingerprint density at radius 3 is 2.73 bits per heavy atom. The Morgan fingerprint density at radius 1 is 1.31 bits per heavy atom. The van der Waals surface area contributed by atoms with Crippen LogP contribution in [0.5, 0.6) is 5.88 Å². The number of nitrogens with one attached hydrogen (secondary N) is 2. The number of aryl methyl sites for hydroxylation is 1. The van der Waals surface area contributed by atoms with E-state index in [0.717, 1.165) is 48.9 Å². The van der Waals surface area contributed by atoms with Crippen LogP contribution in [0.1, 0.15) is 29.2 Å². The summed E-state index contributed by atoms with van der Waals surface area (Å²) < 4.78 is 15.4. The van der Waals surface area contributed by atoms with Crippen molar-refractivity contribution < 1.29 is 19.3 Å². The van der Waals surface area contributed by atoms with Crippen molar-refractivity contribution in [3.05, 3.63) is 46.3 Å². The van der Waals surface area contributed by atoms with Crippen LogP contribution >= 0.6 is 11.3 Å². The van der Waals surface area contributed by atoms with E-state index < -0.39 is 0 Å². The Hall–Kier alpha value is -2.03. The molecular formula is C18H24FN5OS+2. The summed E-state index contributed by atoms with van der Waals surface area (Å²) in [5.74, 6) is 0.597. The Balaban J connectivity index is 1.79. The summed E-state index contributed by atoms with van der Waals surface area (Å²) in [5.41, 5.74) is 0.884. The summed E-state index contributed by atoms with van der Waals surface area (Å²) >= 11 is 1.45. The molecule has 3 heterocycles. The molecule has 4 rings (SSSR count). The van der Waals surface area contributed by atoms with Crippen LogP contribution in [-0.4, -0.2) is 52.9 Å². The summed E-state index contributed by atoms with van der Waals surface area (Å²) in [6.07, 6.45) is 0.725. The minimum atomic E-state index is -0.251. The number of piperazine rings is 1. The van der Waals surface area contributed by atoms with Crippen molar-refractivity contribution in [3.63, 3.8) is 0 Å². The van der Waals surface area contributed by atoms with Crippen LogP contribution in [0.25, 0.3) is 4.96 Å². The number of benzene rings is 1. The van der Waals surface area contributed by atoms with Crippen LogP contribution in [0.4, 0.5) is 4.39 Å². The van der Waals surface area contributed by atoms with Crippen molar-refractivity contribution in [3.8, 4) is 5.88 Å². The van der Waals surface area contributed by atoms with Gasteiger partial charge in [-0.1, -0.05) is 30.4 Å². The van der Waals surface area contributed by atoms with Gasteiger partial charge in [0.25, 0.3) is 0 Å². The quantitative estimate of drug-likeness (QED) is 0.585. The Morgan fingerprint density at radius 2 is 2.08 bits per heavy atom. The number of thiazole rings is 1. The first kappa shape index (κ1) is 17.4. The number of aromatic hydroxyl groups is 1. The van der Waals surface area contributed by atoms with Gasteiger partial charge in [0.15, 0.2) is 11.9 Å². The number of hydrogen-bond donors (Lipinski definition) is 3. The summed E-state index contributed by atoms with van der Waals surface area (Å²) in [7, 11) is 2.20. The summed E-state index contributed by atoms with van der Waals surface area (Å²) in [6, 6.07) is 6.60. The number of fused-ring (bicyclic) bond motifs is 1. The van der Waals surface area contributed by atoms with Crippen molar-refractivity contribution in [1.29, 1.82) is 0 Å². The highest BCUT2D eigenvalue weighted by molar-refractivity contribution is 7.17. The summed E-state index contributed by atoms with van der Waals surface area (Å²) in [6.45, 7) is 6.05. The normalized spacial score (nSPS) is 22.0. The molecule has 1 aromatic carbocycles. The molecule has 0 bridgehead atoms. The van der Waals surface area contributed by atoms with Gasteiger partial charge in [0.2, 0.25) is 10.8 Å². The van der Waals surface area contributed by atoms with Gasteiger partial charge in [-0.3, -0.25) is 0 Å². The van der Waals surface area contributed by atoms with Gasteiger partial charge in [-0.2, -0.15) is 4.52 Å². The average molecular weight is 377 g/mol. The fraction of sp³-hybridized carbons (Fsp3) is 0.444. The number of likely N-dealkylation sites (N-methyl/N-ethyl adjacent to an activating group) is 1. The van der Waals surface area contributed by atoms with Gasteiger partial charge >= 0.3 is 0 Å². The Labute approximate surface area is 155 Å². The van der Waals surface area contributed by atoms with Crippen LogP contribution in [-0.2, 0) is 6.42 Å². The average Bonchev–Trinajstić information content (AvgIpc) is 3.17. The lowest BCUT2D eigenvalue weighted by Gasteiger charge is -2.33. The molecule has 2 aromatic heterocycles. The highest BCUT2D eigenvalue weighted by Gasteiger charge is 2.35. The molecule has 0 spiro atoms. The minimum absolute atomic E-state index is 0.114. The van der Waals surface area contributed by atoms with Crippen molar-refractivity contribution >= 4 is 16.3 Å². The van der Waals surface area contributed by atoms with Gasteiger partial charge < -0.3 is 14.9 Å². The molecule has 6 nitrogen and oxygen atoms in total. The van der Waals surface area contributed by atoms with E-state index in [0.29, 0.717) is 4.96 Å². The molecule has 138 valence electrons. The van der Waals surface area contributed by atoms with Crippen LogP contribution in [0.2, 0.25) is 0 Å². The molecule has 1 aliphatic rings. The standard InChI is InChI=1S/C18H22FN5OS/c1-3-14-20-18-24(21-14)17(25)16(26-18)15(12-5-4-6-13(19)11-12)23-9-7-22(2)8-10-23/h4-6,11,15,25H,3,7-10H2,1-2H3/p+2/t15-/m1/s1. The minimum Gasteiger partial charge on any atom is -0.492 e. The molecule has 8 heteroatoms. The third-order valence-corrected chi connectivity index (χ3v) is 6.24. The lowest BCUT2D eigenvalue weighted by atomic mass is 10.0.